The van der Waals surface area contributed by atoms with E-state index in [0.717, 1.165) is 36.6 Å². The third-order valence-electron chi connectivity index (χ3n) is 6.57. The average molecular weight is 466 g/mol. The molecule has 1 saturated heterocycles. The largest absolute Gasteiger partial charge is 0.460 e. The smallest absolute Gasteiger partial charge is 0.287 e. The molecule has 1 amide bonds. The Bertz CT molecular complexity index is 1000. The molecule has 34 heavy (non-hydrogen) atoms. The number of amidine groups is 1. The highest BCUT2D eigenvalue weighted by Gasteiger charge is 2.25. The topological polar surface area (TPSA) is 92.4 Å². The number of hydrogen-bond donors (Lipinski definition) is 2. The van der Waals surface area contributed by atoms with Crippen LogP contribution in [0.4, 0.5) is 11.4 Å². The van der Waals surface area contributed by atoms with E-state index in [1.165, 1.54) is 19.3 Å². The summed E-state index contributed by atoms with van der Waals surface area (Å²) < 4.78 is 10.5. The van der Waals surface area contributed by atoms with Gasteiger partial charge in [0.05, 0.1) is 18.8 Å². The minimum Gasteiger partial charge on any atom is -0.460 e. The van der Waals surface area contributed by atoms with E-state index in [-0.39, 0.29) is 11.9 Å². The summed E-state index contributed by atoms with van der Waals surface area (Å²) in [5.41, 5.74) is 11.1. The Labute approximate surface area is 201 Å². The average Bonchev–Trinajstić information content (AvgIpc) is 3.31. The van der Waals surface area contributed by atoms with Crippen LogP contribution < -0.4 is 11.1 Å². The van der Waals surface area contributed by atoms with Gasteiger partial charge in [-0.2, -0.15) is 4.99 Å². The molecule has 1 aliphatic carbocycles. The minimum atomic E-state index is -0.0274. The highest BCUT2D eigenvalue weighted by Crippen LogP contribution is 2.27. The van der Waals surface area contributed by atoms with Crippen molar-refractivity contribution in [3.8, 4) is 0 Å². The predicted molar refractivity (Wildman–Crippen MR) is 134 cm³/mol. The number of fused-ring (bicyclic) bond motifs is 2. The van der Waals surface area contributed by atoms with E-state index >= 15 is 0 Å². The number of likely N-dealkylation sites (N-methyl/N-ethyl adjacent to an activating group) is 1. The van der Waals surface area contributed by atoms with Crippen LogP contribution in [-0.2, 0) is 33.7 Å². The zero-order valence-corrected chi connectivity index (χ0v) is 20.1. The van der Waals surface area contributed by atoms with Crippen molar-refractivity contribution in [2.24, 2.45) is 10.7 Å². The summed E-state index contributed by atoms with van der Waals surface area (Å²) in [6.45, 7) is 4.03. The van der Waals surface area contributed by atoms with Crippen molar-refractivity contribution in [2.75, 3.05) is 52.3 Å². The van der Waals surface area contributed by atoms with Crippen molar-refractivity contribution in [3.63, 3.8) is 0 Å². The molecule has 0 saturated carbocycles. The molecule has 1 atom stereocenters. The molecule has 0 bridgehead atoms. The number of nitrogens with two attached hydrogens (primary N) is 1. The number of carbonyl (C=O) groups is 1. The van der Waals surface area contributed by atoms with Crippen LogP contribution >= 0.6 is 0 Å². The lowest BCUT2D eigenvalue weighted by Crippen LogP contribution is -2.54. The fourth-order valence-corrected chi connectivity index (χ4v) is 4.64. The van der Waals surface area contributed by atoms with Crippen molar-refractivity contribution in [1.29, 1.82) is 0 Å². The van der Waals surface area contributed by atoms with Crippen molar-refractivity contribution in [3.05, 3.63) is 59.2 Å². The molecule has 8 heteroatoms. The maximum Gasteiger partial charge on any atom is 0.287 e. The lowest BCUT2D eigenvalue weighted by Gasteiger charge is -2.38. The molecule has 8 nitrogen and oxygen atoms in total. The summed E-state index contributed by atoms with van der Waals surface area (Å²) in [6, 6.07) is 14.8. The number of anilines is 1. The number of nitrogens with zero attached hydrogens (tertiary/aromatic N) is 3. The van der Waals surface area contributed by atoms with Gasteiger partial charge in [-0.15, -0.1) is 0 Å². The number of nitrogens with one attached hydrogen (secondary N) is 1. The molecule has 2 aromatic carbocycles. The number of rotatable bonds is 5. The lowest BCUT2D eigenvalue weighted by molar-refractivity contribution is -0.118. The first kappa shape index (κ1) is 24.2. The molecule has 2 heterocycles. The number of ether oxygens (including phenoxy) is 2. The minimum absolute atomic E-state index is 0.0274. The summed E-state index contributed by atoms with van der Waals surface area (Å²) in [7, 11) is 3.79. The Balaban J connectivity index is 0.000000252. The van der Waals surface area contributed by atoms with Gasteiger partial charge >= 0.3 is 0 Å². The van der Waals surface area contributed by atoms with Gasteiger partial charge < -0.3 is 20.5 Å². The monoisotopic (exact) mass is 465 g/mol. The molecular weight excluding hydrogens is 430 g/mol. The molecule has 5 rings (SSSR count). The normalized spacial score (nSPS) is 19.7. The van der Waals surface area contributed by atoms with Gasteiger partial charge in [-0.25, -0.2) is 0 Å². The SMILES string of the molecule is COCC1CN(CC(=O)Nc2ccc3c(c2)COC(N)=N3)CCN1C.c1ccc2c(c1)CCC2. The number of piperazine rings is 1. The Kier molecular flexibility index (Phi) is 8.16. The number of carbonyl (C=O) groups excluding carboxylic acids is 1. The summed E-state index contributed by atoms with van der Waals surface area (Å²) in [5.74, 6) is -0.0274. The highest BCUT2D eigenvalue weighted by atomic mass is 16.5. The number of aliphatic imine (C=N–C) groups is 1. The van der Waals surface area contributed by atoms with Gasteiger partial charge in [-0.05, 0) is 55.6 Å². The maximum atomic E-state index is 12.4. The second-order valence-electron chi connectivity index (χ2n) is 9.08. The van der Waals surface area contributed by atoms with Gasteiger partial charge in [0.1, 0.15) is 6.61 Å². The molecule has 1 unspecified atom stereocenters. The van der Waals surface area contributed by atoms with Gasteiger partial charge in [0.15, 0.2) is 0 Å². The van der Waals surface area contributed by atoms with E-state index in [1.54, 1.807) is 18.2 Å². The molecule has 182 valence electrons. The maximum absolute atomic E-state index is 12.4. The van der Waals surface area contributed by atoms with Gasteiger partial charge in [0.2, 0.25) is 5.91 Å². The number of hydrogen-bond acceptors (Lipinski definition) is 7. The van der Waals surface area contributed by atoms with E-state index < -0.39 is 0 Å². The van der Waals surface area contributed by atoms with Gasteiger partial charge in [0.25, 0.3) is 6.02 Å². The van der Waals surface area contributed by atoms with Crippen molar-refractivity contribution in [2.45, 2.75) is 31.9 Å². The van der Waals surface area contributed by atoms with E-state index in [0.29, 0.717) is 25.8 Å². The van der Waals surface area contributed by atoms with Crippen LogP contribution in [0.15, 0.2) is 47.5 Å². The van der Waals surface area contributed by atoms with Crippen LogP contribution in [0.1, 0.15) is 23.1 Å². The summed E-state index contributed by atoms with van der Waals surface area (Å²) in [4.78, 5) is 20.9. The molecule has 2 aromatic rings. The Morgan fingerprint density at radius 2 is 1.94 bits per heavy atom. The third kappa shape index (κ3) is 6.34. The summed E-state index contributed by atoms with van der Waals surface area (Å²) in [5, 5.41) is 2.95. The van der Waals surface area contributed by atoms with E-state index in [2.05, 4.69) is 51.4 Å². The van der Waals surface area contributed by atoms with Gasteiger partial charge in [-0.3, -0.25) is 14.6 Å². The molecule has 1 fully saturated rings. The van der Waals surface area contributed by atoms with Crippen LogP contribution in [0.3, 0.4) is 0 Å². The Morgan fingerprint density at radius 3 is 2.68 bits per heavy atom. The first-order valence-corrected chi connectivity index (χ1v) is 11.9. The van der Waals surface area contributed by atoms with Crippen molar-refractivity contribution in [1.82, 2.24) is 9.80 Å². The standard InChI is InChI=1S/C17H25N5O3.C9H10/c1-21-5-6-22(8-14(21)11-24-2)9-16(23)19-13-3-4-15-12(7-13)10-25-17(18)20-15;1-2-5-9-7-3-6-8(9)4-1/h3-4,7,14H,5-6,8-11H2,1-2H3,(H2,18,20)(H,19,23);1-2,4-5H,3,6-7H2. The van der Waals surface area contributed by atoms with Crippen LogP contribution in [-0.4, -0.2) is 74.7 Å². The predicted octanol–water partition coefficient (Wildman–Crippen LogP) is 2.54. The second-order valence-corrected chi connectivity index (χ2v) is 9.08. The fourth-order valence-electron chi connectivity index (χ4n) is 4.64. The van der Waals surface area contributed by atoms with E-state index in [1.807, 2.05) is 18.2 Å². The summed E-state index contributed by atoms with van der Waals surface area (Å²) in [6.07, 6.45) is 3.96. The van der Waals surface area contributed by atoms with Crippen LogP contribution in [0, 0.1) is 0 Å². The Morgan fingerprint density at radius 1 is 1.18 bits per heavy atom. The number of methoxy groups -OCH3 is 1. The van der Waals surface area contributed by atoms with Crippen molar-refractivity contribution < 1.29 is 14.3 Å². The first-order chi connectivity index (χ1) is 16.5. The summed E-state index contributed by atoms with van der Waals surface area (Å²) >= 11 is 0. The molecule has 3 aliphatic rings. The van der Waals surface area contributed by atoms with Crippen LogP contribution in [0.25, 0.3) is 0 Å². The first-order valence-electron chi connectivity index (χ1n) is 11.9. The molecular formula is C26H35N5O3. The molecule has 2 aliphatic heterocycles. The number of benzene rings is 2. The third-order valence-corrected chi connectivity index (χ3v) is 6.57. The quantitative estimate of drug-likeness (QED) is 0.705. The lowest BCUT2D eigenvalue weighted by atomic mass is 10.1. The van der Waals surface area contributed by atoms with E-state index in [9.17, 15) is 4.79 Å². The van der Waals surface area contributed by atoms with Gasteiger partial charge in [-0.1, -0.05) is 24.3 Å². The number of amides is 1. The Hall–Kier alpha value is -2.94. The van der Waals surface area contributed by atoms with Gasteiger partial charge in [0, 0.05) is 44.0 Å². The zero-order valence-electron chi connectivity index (χ0n) is 20.1. The molecule has 0 radical (unpaired) electrons. The molecule has 0 spiro atoms. The fraction of sp³-hybridized carbons (Fsp3) is 0.462. The zero-order chi connectivity index (χ0) is 23.9. The van der Waals surface area contributed by atoms with Crippen LogP contribution in [0.5, 0.6) is 0 Å². The van der Waals surface area contributed by atoms with Crippen molar-refractivity contribution >= 4 is 23.3 Å². The second kappa shape index (κ2) is 11.5. The molecule has 3 N–H and O–H groups in total. The van der Waals surface area contributed by atoms with E-state index in [4.69, 9.17) is 15.2 Å². The number of aryl methyl sites for hydroxylation is 2. The highest BCUT2D eigenvalue weighted by molar-refractivity contribution is 5.92. The van der Waals surface area contributed by atoms with Crippen LogP contribution in [0.2, 0.25) is 0 Å². The molecule has 0 aromatic heterocycles.